The molecule has 1 saturated carbocycles. The largest absolute Gasteiger partial charge is 0.352 e. The van der Waals surface area contributed by atoms with E-state index in [0.29, 0.717) is 27.7 Å². The molecular weight excluding hydrogens is 612 g/mol. The Hall–Kier alpha value is -3.14. The molecule has 0 spiro atoms. The zero-order valence-electron chi connectivity index (χ0n) is 24.0. The lowest BCUT2D eigenvalue weighted by Gasteiger charge is -2.33. The molecule has 4 rings (SSSR count). The van der Waals surface area contributed by atoms with Gasteiger partial charge in [0, 0.05) is 42.0 Å². The molecule has 1 aliphatic rings. The van der Waals surface area contributed by atoms with Gasteiger partial charge >= 0.3 is 0 Å². The van der Waals surface area contributed by atoms with E-state index in [1.54, 1.807) is 18.2 Å². The third-order valence-corrected chi connectivity index (χ3v) is 9.38. The summed E-state index contributed by atoms with van der Waals surface area (Å²) in [6, 6.07) is 18.9. The van der Waals surface area contributed by atoms with Crippen LogP contribution < -0.4 is 9.62 Å². The minimum Gasteiger partial charge on any atom is -0.352 e. The molecule has 0 radical (unpaired) electrons. The molecule has 230 valence electrons. The number of amides is 2. The summed E-state index contributed by atoms with van der Waals surface area (Å²) in [6.07, 6.45) is 5.38. The quantitative estimate of drug-likeness (QED) is 0.233. The van der Waals surface area contributed by atoms with E-state index >= 15 is 0 Å². The number of benzene rings is 3. The van der Waals surface area contributed by atoms with Gasteiger partial charge in [-0.1, -0.05) is 72.4 Å². The zero-order chi connectivity index (χ0) is 31.0. The Morgan fingerprint density at radius 3 is 2.30 bits per heavy atom. The molecule has 2 amide bonds. The number of halogens is 3. The highest BCUT2D eigenvalue weighted by Crippen LogP contribution is 2.26. The highest BCUT2D eigenvalue weighted by Gasteiger charge is 2.32. The number of hydrogen-bond acceptors (Lipinski definition) is 4. The van der Waals surface area contributed by atoms with Crippen LogP contribution in [0.4, 0.5) is 10.1 Å². The van der Waals surface area contributed by atoms with Crippen molar-refractivity contribution in [2.75, 3.05) is 17.1 Å². The van der Waals surface area contributed by atoms with E-state index < -0.39 is 21.9 Å². The molecule has 3 aromatic rings. The number of carbonyl (C=O) groups is 2. The minimum atomic E-state index is -3.70. The van der Waals surface area contributed by atoms with Crippen LogP contribution in [-0.2, 0) is 32.6 Å². The van der Waals surface area contributed by atoms with Crippen molar-refractivity contribution in [2.45, 2.75) is 63.6 Å². The molecule has 0 bridgehead atoms. The van der Waals surface area contributed by atoms with E-state index in [4.69, 9.17) is 23.2 Å². The predicted molar refractivity (Wildman–Crippen MR) is 169 cm³/mol. The standard InChI is InChI=1S/C32H36Cl2FN3O4S/c1-43(41,42)38(28-17-15-26(35)16-18-28)19-7-12-31(39)37(22-24-13-14-25(33)21-29(24)34)30(20-23-8-3-2-4-9-23)32(40)36-27-10-5-6-11-27/h2-4,8-9,13-18,21,27,30H,5-7,10-12,19-20,22H2,1H3,(H,36,40)/t30-/m0/s1. The number of hydrogen-bond donors (Lipinski definition) is 1. The molecule has 0 saturated heterocycles. The Morgan fingerprint density at radius 2 is 1.67 bits per heavy atom. The maximum absolute atomic E-state index is 14.0. The maximum Gasteiger partial charge on any atom is 0.243 e. The summed E-state index contributed by atoms with van der Waals surface area (Å²) in [5, 5.41) is 3.99. The monoisotopic (exact) mass is 647 g/mol. The van der Waals surface area contributed by atoms with Gasteiger partial charge in [0.2, 0.25) is 21.8 Å². The average molecular weight is 649 g/mol. The van der Waals surface area contributed by atoms with Crippen LogP contribution in [0.15, 0.2) is 72.8 Å². The summed E-state index contributed by atoms with van der Waals surface area (Å²) < 4.78 is 39.7. The molecule has 1 aliphatic carbocycles. The Kier molecular flexibility index (Phi) is 11.5. The molecule has 1 atom stereocenters. The second-order valence-corrected chi connectivity index (χ2v) is 13.6. The summed E-state index contributed by atoms with van der Waals surface area (Å²) in [5.41, 5.74) is 1.84. The lowest BCUT2D eigenvalue weighted by molar-refractivity contribution is -0.141. The highest BCUT2D eigenvalue weighted by molar-refractivity contribution is 7.92. The van der Waals surface area contributed by atoms with Crippen molar-refractivity contribution in [3.05, 3.63) is 99.8 Å². The molecule has 0 aromatic heterocycles. The van der Waals surface area contributed by atoms with Crippen LogP contribution >= 0.6 is 23.2 Å². The summed E-state index contributed by atoms with van der Waals surface area (Å²) in [4.78, 5) is 29.3. The lowest BCUT2D eigenvalue weighted by atomic mass is 10.0. The van der Waals surface area contributed by atoms with Crippen LogP contribution in [0.25, 0.3) is 0 Å². The Bertz CT molecular complexity index is 1500. The first-order chi connectivity index (χ1) is 20.5. The fourth-order valence-corrected chi connectivity index (χ4v) is 6.80. The number of sulfonamides is 1. The zero-order valence-corrected chi connectivity index (χ0v) is 26.3. The molecule has 0 aliphatic heterocycles. The van der Waals surface area contributed by atoms with Crippen LogP contribution in [0, 0.1) is 5.82 Å². The highest BCUT2D eigenvalue weighted by atomic mass is 35.5. The summed E-state index contributed by atoms with van der Waals surface area (Å²) in [5.74, 6) is -1.04. The number of anilines is 1. The summed E-state index contributed by atoms with van der Waals surface area (Å²) in [6.45, 7) is 0.0710. The second kappa shape index (κ2) is 15.0. The number of nitrogens with zero attached hydrogens (tertiary/aromatic N) is 2. The van der Waals surface area contributed by atoms with Crippen LogP contribution in [-0.4, -0.2) is 50.0 Å². The van der Waals surface area contributed by atoms with Crippen molar-refractivity contribution in [1.29, 1.82) is 0 Å². The molecule has 11 heteroatoms. The van der Waals surface area contributed by atoms with Gasteiger partial charge in [-0.25, -0.2) is 12.8 Å². The summed E-state index contributed by atoms with van der Waals surface area (Å²) >= 11 is 12.6. The third-order valence-electron chi connectivity index (χ3n) is 7.60. The van der Waals surface area contributed by atoms with Crippen molar-refractivity contribution in [3.8, 4) is 0 Å². The lowest BCUT2D eigenvalue weighted by Crippen LogP contribution is -2.52. The maximum atomic E-state index is 14.0. The second-order valence-electron chi connectivity index (χ2n) is 10.9. The molecule has 0 heterocycles. The Morgan fingerprint density at radius 1 is 1.00 bits per heavy atom. The first kappa shape index (κ1) is 32.8. The SMILES string of the molecule is CS(=O)(=O)N(CCCC(=O)N(Cc1ccc(Cl)cc1Cl)[C@@H](Cc1ccccc1)C(=O)NC1CCCC1)c1ccc(F)cc1. The first-order valence-corrected chi connectivity index (χ1v) is 16.9. The van der Waals surface area contributed by atoms with E-state index in [1.165, 1.54) is 29.2 Å². The van der Waals surface area contributed by atoms with Gasteiger partial charge in [-0.05, 0) is 66.8 Å². The molecule has 3 aromatic carbocycles. The first-order valence-electron chi connectivity index (χ1n) is 14.3. The van der Waals surface area contributed by atoms with E-state index in [1.807, 2.05) is 30.3 Å². The minimum absolute atomic E-state index is 0.00334. The van der Waals surface area contributed by atoms with Gasteiger partial charge in [0.1, 0.15) is 11.9 Å². The molecule has 1 fully saturated rings. The Labute approximate surface area is 263 Å². The molecule has 43 heavy (non-hydrogen) atoms. The molecule has 0 unspecified atom stereocenters. The fourth-order valence-electron chi connectivity index (χ4n) is 5.37. The van der Waals surface area contributed by atoms with Crippen molar-refractivity contribution < 1.29 is 22.4 Å². The van der Waals surface area contributed by atoms with Gasteiger partial charge in [0.25, 0.3) is 0 Å². The number of carbonyl (C=O) groups excluding carboxylic acids is 2. The van der Waals surface area contributed by atoms with Crippen LogP contribution in [0.2, 0.25) is 10.0 Å². The van der Waals surface area contributed by atoms with E-state index in [-0.39, 0.29) is 43.8 Å². The van der Waals surface area contributed by atoms with Crippen molar-refractivity contribution in [3.63, 3.8) is 0 Å². The van der Waals surface area contributed by atoms with Gasteiger partial charge in [-0.3, -0.25) is 13.9 Å². The third kappa shape index (κ3) is 9.42. The van der Waals surface area contributed by atoms with E-state index in [0.717, 1.165) is 41.8 Å². The van der Waals surface area contributed by atoms with Crippen LogP contribution in [0.5, 0.6) is 0 Å². The van der Waals surface area contributed by atoms with Crippen molar-refractivity contribution >= 4 is 50.7 Å². The van der Waals surface area contributed by atoms with E-state index in [2.05, 4.69) is 5.32 Å². The average Bonchev–Trinajstić information content (AvgIpc) is 3.47. The normalized spacial score (nSPS) is 14.3. The van der Waals surface area contributed by atoms with Crippen molar-refractivity contribution in [2.24, 2.45) is 0 Å². The van der Waals surface area contributed by atoms with Gasteiger partial charge in [0.05, 0.1) is 11.9 Å². The predicted octanol–water partition coefficient (Wildman–Crippen LogP) is 6.38. The van der Waals surface area contributed by atoms with Gasteiger partial charge < -0.3 is 10.2 Å². The van der Waals surface area contributed by atoms with Crippen molar-refractivity contribution in [1.82, 2.24) is 10.2 Å². The smallest absolute Gasteiger partial charge is 0.243 e. The number of rotatable bonds is 13. The summed E-state index contributed by atoms with van der Waals surface area (Å²) in [7, 11) is -3.70. The van der Waals surface area contributed by atoms with Crippen LogP contribution in [0.1, 0.15) is 49.7 Å². The van der Waals surface area contributed by atoms with Gasteiger partial charge in [-0.2, -0.15) is 0 Å². The topological polar surface area (TPSA) is 86.8 Å². The van der Waals surface area contributed by atoms with Crippen LogP contribution in [0.3, 0.4) is 0 Å². The van der Waals surface area contributed by atoms with Gasteiger partial charge in [-0.15, -0.1) is 0 Å². The molecule has 1 N–H and O–H groups in total. The Balaban J connectivity index is 1.60. The van der Waals surface area contributed by atoms with E-state index in [9.17, 15) is 22.4 Å². The number of nitrogens with one attached hydrogen (secondary N) is 1. The molecule has 7 nitrogen and oxygen atoms in total. The van der Waals surface area contributed by atoms with Gasteiger partial charge in [0.15, 0.2) is 0 Å². The molecular formula is C32H36Cl2FN3O4S. The fraction of sp³-hybridized carbons (Fsp3) is 0.375.